The van der Waals surface area contributed by atoms with Crippen LogP contribution in [0.1, 0.15) is 73.1 Å². The number of alkyl halides is 1. The zero-order chi connectivity index (χ0) is 33.0. The van der Waals surface area contributed by atoms with Gasteiger partial charge in [0.15, 0.2) is 0 Å². The Balaban J connectivity index is 1.67. The van der Waals surface area contributed by atoms with Gasteiger partial charge in [-0.25, -0.2) is 13.8 Å². The molecule has 11 heteroatoms. The fourth-order valence-electron chi connectivity index (χ4n) is 6.13. The summed E-state index contributed by atoms with van der Waals surface area (Å²) in [6, 6.07) is 5.59. The first kappa shape index (κ1) is 34.2. The van der Waals surface area contributed by atoms with Gasteiger partial charge in [0.2, 0.25) is 5.91 Å². The minimum absolute atomic E-state index is 0.0294. The van der Waals surface area contributed by atoms with Crippen molar-refractivity contribution in [2.75, 3.05) is 19.6 Å². The van der Waals surface area contributed by atoms with Crippen molar-refractivity contribution < 1.29 is 23.5 Å². The van der Waals surface area contributed by atoms with Gasteiger partial charge in [-0.3, -0.25) is 14.4 Å². The van der Waals surface area contributed by atoms with Crippen LogP contribution < -0.4 is 10.9 Å². The number of carboxylic acids is 1. The van der Waals surface area contributed by atoms with Crippen molar-refractivity contribution in [1.82, 2.24) is 19.8 Å². The number of nitrogens with zero attached hydrogens (tertiary/aromatic N) is 3. The number of nitrogens with one attached hydrogen (secondary N) is 1. The average molecular weight is 643 g/mol. The van der Waals surface area contributed by atoms with Crippen LogP contribution in [-0.4, -0.2) is 57.2 Å². The summed E-state index contributed by atoms with van der Waals surface area (Å²) < 4.78 is 29.1. The molecule has 4 rings (SSSR count). The fraction of sp³-hybridized carbons (Fsp3) is 0.471. The third-order valence-electron chi connectivity index (χ3n) is 8.29. The molecule has 8 nitrogen and oxygen atoms in total. The van der Waals surface area contributed by atoms with E-state index in [0.29, 0.717) is 55.6 Å². The van der Waals surface area contributed by atoms with E-state index < -0.39 is 36.6 Å². The smallest absolute Gasteiger partial charge is 0.305 e. The van der Waals surface area contributed by atoms with Crippen LogP contribution in [0.2, 0.25) is 5.15 Å². The third kappa shape index (κ3) is 8.76. The highest BCUT2D eigenvalue weighted by molar-refractivity contribution is 6.29. The van der Waals surface area contributed by atoms with E-state index in [9.17, 15) is 28.3 Å². The van der Waals surface area contributed by atoms with Crippen molar-refractivity contribution in [2.24, 2.45) is 5.92 Å². The van der Waals surface area contributed by atoms with Gasteiger partial charge >= 0.3 is 5.97 Å². The van der Waals surface area contributed by atoms with E-state index in [2.05, 4.69) is 15.2 Å². The van der Waals surface area contributed by atoms with Gasteiger partial charge in [0.05, 0.1) is 18.2 Å². The zero-order valence-corrected chi connectivity index (χ0v) is 27.1. The van der Waals surface area contributed by atoms with E-state index in [1.165, 1.54) is 22.8 Å². The van der Waals surface area contributed by atoms with Crippen molar-refractivity contribution in [1.29, 1.82) is 0 Å². The Labute approximate surface area is 267 Å². The number of carboxylic acid groups (broad SMARTS) is 1. The highest BCUT2D eigenvalue weighted by Crippen LogP contribution is 2.32. The number of hydrogen-bond donors (Lipinski definition) is 2. The Morgan fingerprint density at radius 3 is 2.40 bits per heavy atom. The average Bonchev–Trinajstić information content (AvgIpc) is 3.34. The highest BCUT2D eigenvalue weighted by atomic mass is 35.5. The molecule has 242 valence electrons. The first-order valence-corrected chi connectivity index (χ1v) is 15.6. The van der Waals surface area contributed by atoms with Gasteiger partial charge in [0, 0.05) is 31.9 Å². The number of amides is 1. The molecule has 0 unspecified atom stereocenters. The lowest BCUT2D eigenvalue weighted by Crippen LogP contribution is -2.40. The maximum Gasteiger partial charge on any atom is 0.305 e. The van der Waals surface area contributed by atoms with Crippen molar-refractivity contribution in [3.8, 4) is 11.1 Å². The summed E-state index contributed by atoms with van der Waals surface area (Å²) >= 11 is 6.40. The first-order valence-electron chi connectivity index (χ1n) is 15.3. The molecule has 0 radical (unpaired) electrons. The van der Waals surface area contributed by atoms with Crippen LogP contribution >= 0.6 is 11.6 Å². The number of carbonyl (C=O) groups is 2. The summed E-state index contributed by atoms with van der Waals surface area (Å²) in [7, 11) is 0. The van der Waals surface area contributed by atoms with Crippen LogP contribution in [0.5, 0.6) is 0 Å². The Morgan fingerprint density at radius 1 is 1.11 bits per heavy atom. The van der Waals surface area contributed by atoms with Crippen LogP contribution in [0.3, 0.4) is 0 Å². The lowest BCUT2D eigenvalue weighted by atomic mass is 9.94. The third-order valence-corrected chi connectivity index (χ3v) is 8.49. The molecular weight excluding hydrogens is 602 g/mol. The Bertz CT molecular complexity index is 1600. The lowest BCUT2D eigenvalue weighted by molar-refractivity contribution is -0.138. The summed E-state index contributed by atoms with van der Waals surface area (Å²) in [5.41, 5.74) is 4.24. The molecule has 3 atom stereocenters. The Kier molecular flexibility index (Phi) is 11.1. The summed E-state index contributed by atoms with van der Waals surface area (Å²) in [6.45, 7) is 11.0. The fourth-order valence-corrected chi connectivity index (χ4v) is 6.34. The maximum atomic E-state index is 14.0. The molecule has 0 bridgehead atoms. The molecule has 1 saturated heterocycles. The largest absolute Gasteiger partial charge is 0.481 e. The highest BCUT2D eigenvalue weighted by Gasteiger charge is 2.29. The van der Waals surface area contributed by atoms with Gasteiger partial charge in [-0.1, -0.05) is 25.4 Å². The molecule has 1 aromatic carbocycles. The predicted octanol–water partition coefficient (Wildman–Crippen LogP) is 6.13. The van der Waals surface area contributed by atoms with E-state index in [-0.39, 0.29) is 28.1 Å². The van der Waals surface area contributed by atoms with Crippen molar-refractivity contribution in [3.63, 3.8) is 0 Å². The summed E-state index contributed by atoms with van der Waals surface area (Å²) in [4.78, 5) is 45.6. The van der Waals surface area contributed by atoms with Crippen molar-refractivity contribution in [2.45, 2.75) is 78.6 Å². The summed E-state index contributed by atoms with van der Waals surface area (Å²) in [5.74, 6) is -2.03. The number of aliphatic carboxylic acids is 1. The predicted molar refractivity (Wildman–Crippen MR) is 171 cm³/mol. The molecule has 45 heavy (non-hydrogen) atoms. The van der Waals surface area contributed by atoms with E-state index in [4.69, 9.17) is 11.6 Å². The molecule has 0 spiro atoms. The SMILES string of the molecule is Cc1cc(=O)n([C@@H](CC(C)C)C(=O)N[C@@H](CC(=O)O)c2cc(-c3c(C)cc(F)cc3C)cc(Cl)n2)cc1CCN1CC[C@@H](F)C1. The number of pyridine rings is 2. The van der Waals surface area contributed by atoms with Gasteiger partial charge in [0.25, 0.3) is 5.56 Å². The number of likely N-dealkylation sites (tertiary alicyclic amines) is 1. The van der Waals surface area contributed by atoms with Crippen LogP contribution in [0.25, 0.3) is 11.1 Å². The number of aromatic nitrogens is 2. The first-order chi connectivity index (χ1) is 21.2. The van der Waals surface area contributed by atoms with E-state index in [1.54, 1.807) is 32.2 Å². The molecule has 0 saturated carbocycles. The van der Waals surface area contributed by atoms with E-state index in [1.807, 2.05) is 20.8 Å². The number of carbonyl (C=O) groups excluding carboxylic acids is 1. The maximum absolute atomic E-state index is 14.0. The monoisotopic (exact) mass is 642 g/mol. The van der Waals surface area contributed by atoms with Gasteiger partial charge in [-0.05, 0) is 104 Å². The quantitative estimate of drug-likeness (QED) is 0.230. The van der Waals surface area contributed by atoms with Crippen molar-refractivity contribution >= 4 is 23.5 Å². The topological polar surface area (TPSA) is 105 Å². The number of hydrogen-bond acceptors (Lipinski definition) is 5. The van der Waals surface area contributed by atoms with Crippen LogP contribution in [0.4, 0.5) is 8.78 Å². The van der Waals surface area contributed by atoms with Gasteiger partial charge in [-0.15, -0.1) is 0 Å². The van der Waals surface area contributed by atoms with Crippen LogP contribution in [0.15, 0.2) is 41.3 Å². The number of rotatable bonds is 12. The second-order valence-electron chi connectivity index (χ2n) is 12.5. The summed E-state index contributed by atoms with van der Waals surface area (Å²) in [6.07, 6.45) is 1.83. The lowest BCUT2D eigenvalue weighted by Gasteiger charge is -2.26. The Hall–Kier alpha value is -3.63. The number of benzene rings is 1. The van der Waals surface area contributed by atoms with Crippen molar-refractivity contribution in [3.05, 3.63) is 85.8 Å². The van der Waals surface area contributed by atoms with Gasteiger partial charge in [-0.2, -0.15) is 0 Å². The van der Waals surface area contributed by atoms with E-state index in [0.717, 1.165) is 16.7 Å². The normalized spacial score (nSPS) is 16.6. The molecule has 3 heterocycles. The molecule has 1 aliphatic heterocycles. The molecule has 1 aliphatic rings. The molecule has 2 N–H and O–H groups in total. The van der Waals surface area contributed by atoms with E-state index >= 15 is 0 Å². The Morgan fingerprint density at radius 2 is 1.80 bits per heavy atom. The second-order valence-corrected chi connectivity index (χ2v) is 12.9. The standard InChI is InChI=1S/C34H41ClF2N4O4/c1-19(2)10-29(41-17-23(20(3)13-31(41)42)6-8-40-9-7-25(36)18-40)34(45)39-28(16-32(43)44)27-14-24(15-30(35)38-27)33-21(4)11-26(37)12-22(33)5/h11-15,17,19,25,28-29H,6-10,16,18H2,1-5H3,(H,39,45)(H,43,44)/t25-,28+,29+/m1/s1. The second kappa shape index (κ2) is 14.6. The van der Waals surface area contributed by atoms with Gasteiger partial charge in [0.1, 0.15) is 23.2 Å². The zero-order valence-electron chi connectivity index (χ0n) is 26.4. The number of aryl methyl sites for hydroxylation is 3. The number of halogens is 3. The molecular formula is C34H41ClF2N4O4. The minimum atomic E-state index is -1.16. The van der Waals surface area contributed by atoms with Gasteiger partial charge < -0.3 is 19.9 Å². The molecule has 1 fully saturated rings. The minimum Gasteiger partial charge on any atom is -0.481 e. The van der Waals surface area contributed by atoms with Crippen LogP contribution in [0, 0.1) is 32.5 Å². The van der Waals surface area contributed by atoms with Crippen LogP contribution in [-0.2, 0) is 16.0 Å². The molecule has 1 amide bonds. The summed E-state index contributed by atoms with van der Waals surface area (Å²) in [5, 5.41) is 12.7. The molecule has 3 aromatic rings. The molecule has 0 aliphatic carbocycles. The molecule has 2 aromatic heterocycles.